The van der Waals surface area contributed by atoms with Gasteiger partial charge in [0.25, 0.3) is 0 Å². The van der Waals surface area contributed by atoms with E-state index in [0.29, 0.717) is 6.42 Å². The molecule has 3 nitrogen and oxygen atoms in total. The quantitative estimate of drug-likeness (QED) is 0.529. The van der Waals surface area contributed by atoms with Crippen molar-refractivity contribution >= 4 is 5.91 Å². The molecule has 94 valence electrons. The first kappa shape index (κ1) is 12.4. The summed E-state index contributed by atoms with van der Waals surface area (Å²) in [6.45, 7) is 5.40. The van der Waals surface area contributed by atoms with Crippen LogP contribution < -0.4 is 0 Å². The van der Waals surface area contributed by atoms with E-state index in [1.54, 1.807) is 0 Å². The minimum Gasteiger partial charge on any atom is -0.341 e. The van der Waals surface area contributed by atoms with Crippen LogP contribution in [-0.4, -0.2) is 48.4 Å². The van der Waals surface area contributed by atoms with Gasteiger partial charge in [-0.3, -0.25) is 4.79 Å². The highest BCUT2D eigenvalue weighted by Crippen LogP contribution is 2.17. The Bertz CT molecular complexity index is 302. The van der Waals surface area contributed by atoms with Gasteiger partial charge < -0.3 is 9.80 Å². The van der Waals surface area contributed by atoms with Crippen LogP contribution in [0.15, 0.2) is 0 Å². The van der Waals surface area contributed by atoms with Crippen LogP contribution in [0, 0.1) is 18.3 Å². The first-order valence-corrected chi connectivity index (χ1v) is 6.76. The molecule has 0 spiro atoms. The average Bonchev–Trinajstić information content (AvgIpc) is 2.94. The van der Waals surface area contributed by atoms with Gasteiger partial charge in [0.15, 0.2) is 0 Å². The van der Waals surface area contributed by atoms with Crippen LogP contribution in [-0.2, 0) is 4.79 Å². The molecule has 17 heavy (non-hydrogen) atoms. The van der Waals surface area contributed by atoms with E-state index in [0.717, 1.165) is 19.5 Å². The summed E-state index contributed by atoms with van der Waals surface area (Å²) < 4.78 is 0. The fourth-order valence-corrected chi connectivity index (χ4v) is 2.74. The van der Waals surface area contributed by atoms with Gasteiger partial charge >= 0.3 is 0 Å². The van der Waals surface area contributed by atoms with Gasteiger partial charge in [-0.15, -0.1) is 12.3 Å². The van der Waals surface area contributed by atoms with E-state index >= 15 is 0 Å². The van der Waals surface area contributed by atoms with Crippen LogP contribution in [0.4, 0.5) is 0 Å². The number of rotatable bonds is 5. The fourth-order valence-electron chi connectivity index (χ4n) is 2.74. The molecule has 3 heteroatoms. The van der Waals surface area contributed by atoms with Crippen molar-refractivity contribution in [1.29, 1.82) is 0 Å². The molecule has 1 unspecified atom stereocenters. The number of hydrogen-bond donors (Lipinski definition) is 0. The summed E-state index contributed by atoms with van der Waals surface area (Å²) in [6.07, 6.45) is 10.9. The van der Waals surface area contributed by atoms with Crippen LogP contribution in [0.3, 0.4) is 0 Å². The molecule has 0 aliphatic carbocycles. The summed E-state index contributed by atoms with van der Waals surface area (Å²) in [5.74, 6) is 3.09. The monoisotopic (exact) mass is 234 g/mol. The number of likely N-dealkylation sites (tertiary alicyclic amines) is 2. The van der Waals surface area contributed by atoms with Crippen molar-refractivity contribution in [1.82, 2.24) is 9.80 Å². The van der Waals surface area contributed by atoms with E-state index in [-0.39, 0.29) is 11.8 Å². The molecule has 0 aromatic rings. The SMILES string of the molecule is C#CC1CC(=O)N(CCCCN2CCCC2)C1. The number of carbonyl (C=O) groups is 1. The summed E-state index contributed by atoms with van der Waals surface area (Å²) >= 11 is 0. The maximum absolute atomic E-state index is 11.6. The highest BCUT2D eigenvalue weighted by atomic mass is 16.2. The Morgan fingerprint density at radius 1 is 1.24 bits per heavy atom. The molecule has 2 saturated heterocycles. The third-order valence-electron chi connectivity index (χ3n) is 3.80. The number of terminal acetylenes is 1. The van der Waals surface area contributed by atoms with Gasteiger partial charge in [0.1, 0.15) is 0 Å². The Morgan fingerprint density at radius 2 is 1.94 bits per heavy atom. The lowest BCUT2D eigenvalue weighted by Gasteiger charge is -2.18. The lowest BCUT2D eigenvalue weighted by atomic mass is 10.1. The van der Waals surface area contributed by atoms with Gasteiger partial charge in [0.05, 0.1) is 0 Å². The largest absolute Gasteiger partial charge is 0.341 e. The van der Waals surface area contributed by atoms with Crippen molar-refractivity contribution in [2.45, 2.75) is 32.1 Å². The third-order valence-corrected chi connectivity index (χ3v) is 3.80. The third kappa shape index (κ3) is 3.47. The van der Waals surface area contributed by atoms with Crippen molar-refractivity contribution in [2.75, 3.05) is 32.7 Å². The van der Waals surface area contributed by atoms with Crippen molar-refractivity contribution < 1.29 is 4.79 Å². The van der Waals surface area contributed by atoms with Gasteiger partial charge in [-0.25, -0.2) is 0 Å². The molecular weight excluding hydrogens is 212 g/mol. The summed E-state index contributed by atoms with van der Waals surface area (Å²) in [6, 6.07) is 0. The van der Waals surface area contributed by atoms with Crippen LogP contribution in [0.2, 0.25) is 0 Å². The zero-order valence-electron chi connectivity index (χ0n) is 10.5. The van der Waals surface area contributed by atoms with Gasteiger partial charge in [0, 0.05) is 25.4 Å². The summed E-state index contributed by atoms with van der Waals surface area (Å²) in [7, 11) is 0. The molecular formula is C14H22N2O. The number of hydrogen-bond acceptors (Lipinski definition) is 2. The molecule has 1 amide bonds. The molecule has 0 bridgehead atoms. The lowest BCUT2D eigenvalue weighted by Crippen LogP contribution is -2.27. The van der Waals surface area contributed by atoms with Crippen LogP contribution in [0.5, 0.6) is 0 Å². The molecule has 0 N–H and O–H groups in total. The van der Waals surface area contributed by atoms with Gasteiger partial charge in [-0.05, 0) is 45.3 Å². The van der Waals surface area contributed by atoms with Crippen molar-refractivity contribution in [2.24, 2.45) is 5.92 Å². The minimum absolute atomic E-state index is 0.154. The minimum atomic E-state index is 0.154. The maximum Gasteiger partial charge on any atom is 0.223 e. The molecule has 2 aliphatic heterocycles. The first-order valence-electron chi connectivity index (χ1n) is 6.76. The molecule has 0 saturated carbocycles. The zero-order chi connectivity index (χ0) is 12.1. The highest BCUT2D eigenvalue weighted by Gasteiger charge is 2.27. The van der Waals surface area contributed by atoms with E-state index in [2.05, 4.69) is 10.8 Å². The van der Waals surface area contributed by atoms with Gasteiger partial charge in [0.2, 0.25) is 5.91 Å². The summed E-state index contributed by atoms with van der Waals surface area (Å²) in [4.78, 5) is 16.1. The first-order chi connectivity index (χ1) is 8.29. The summed E-state index contributed by atoms with van der Waals surface area (Å²) in [5.41, 5.74) is 0. The van der Waals surface area contributed by atoms with Crippen LogP contribution in [0.25, 0.3) is 0 Å². The van der Waals surface area contributed by atoms with E-state index in [9.17, 15) is 4.79 Å². The molecule has 2 heterocycles. The zero-order valence-corrected chi connectivity index (χ0v) is 10.5. The molecule has 0 aromatic heterocycles. The van der Waals surface area contributed by atoms with Crippen LogP contribution >= 0.6 is 0 Å². The van der Waals surface area contributed by atoms with Crippen molar-refractivity contribution in [3.63, 3.8) is 0 Å². The predicted octanol–water partition coefficient (Wildman–Crippen LogP) is 1.34. The number of unbranched alkanes of at least 4 members (excludes halogenated alkanes) is 1. The predicted molar refractivity (Wildman–Crippen MR) is 68.4 cm³/mol. The fraction of sp³-hybridized carbons (Fsp3) is 0.786. The standard InChI is InChI=1S/C14H22N2O/c1-2-13-11-14(17)16(12-13)10-6-5-9-15-7-3-4-8-15/h1,13H,3-12H2. The Balaban J connectivity index is 1.59. The molecule has 1 atom stereocenters. The molecule has 0 aromatic carbocycles. The normalized spacial score (nSPS) is 25.5. The number of carbonyl (C=O) groups excluding carboxylic acids is 1. The second-order valence-corrected chi connectivity index (χ2v) is 5.16. The molecule has 2 fully saturated rings. The highest BCUT2D eigenvalue weighted by molar-refractivity contribution is 5.79. The topological polar surface area (TPSA) is 23.6 Å². The maximum atomic E-state index is 11.6. The Hall–Kier alpha value is -1.01. The van der Waals surface area contributed by atoms with E-state index in [1.165, 1.54) is 38.9 Å². The van der Waals surface area contributed by atoms with Gasteiger partial charge in [-0.2, -0.15) is 0 Å². The van der Waals surface area contributed by atoms with E-state index in [1.807, 2.05) is 4.90 Å². The molecule has 2 rings (SSSR count). The van der Waals surface area contributed by atoms with Crippen LogP contribution in [0.1, 0.15) is 32.1 Å². The average molecular weight is 234 g/mol. The molecule has 2 aliphatic rings. The smallest absolute Gasteiger partial charge is 0.223 e. The summed E-state index contributed by atoms with van der Waals surface area (Å²) in [5, 5.41) is 0. The lowest BCUT2D eigenvalue weighted by molar-refractivity contribution is -0.127. The molecule has 0 radical (unpaired) electrons. The van der Waals surface area contributed by atoms with E-state index in [4.69, 9.17) is 6.42 Å². The number of amides is 1. The van der Waals surface area contributed by atoms with E-state index < -0.39 is 0 Å². The van der Waals surface area contributed by atoms with Crippen molar-refractivity contribution in [3.05, 3.63) is 0 Å². The van der Waals surface area contributed by atoms with Crippen molar-refractivity contribution in [3.8, 4) is 12.3 Å². The Labute approximate surface area is 104 Å². The second kappa shape index (κ2) is 6.07. The second-order valence-electron chi connectivity index (χ2n) is 5.16. The van der Waals surface area contributed by atoms with Gasteiger partial charge in [-0.1, -0.05) is 0 Å². The number of nitrogens with zero attached hydrogens (tertiary/aromatic N) is 2. The Morgan fingerprint density at radius 3 is 2.59 bits per heavy atom. The Kier molecular flexibility index (Phi) is 4.44.